The third kappa shape index (κ3) is 2.23. The van der Waals surface area contributed by atoms with E-state index in [0.29, 0.717) is 24.1 Å². The number of likely N-dealkylation sites (N-methyl/N-ethyl adjacent to an activating group) is 1. The molecule has 1 aromatic rings. The Balaban J connectivity index is 1.79. The van der Waals surface area contributed by atoms with Crippen LogP contribution in [0.1, 0.15) is 12.8 Å². The number of fused-ring (bicyclic) bond motifs is 1. The van der Waals surface area contributed by atoms with E-state index in [1.54, 1.807) is 6.07 Å². The van der Waals surface area contributed by atoms with Gasteiger partial charge in [-0.15, -0.1) is 0 Å². The molecule has 1 fully saturated rings. The zero-order valence-electron chi connectivity index (χ0n) is 10.7. The van der Waals surface area contributed by atoms with E-state index in [4.69, 9.17) is 9.47 Å². The molecule has 2 aliphatic rings. The molecular weight excluding hydrogens is 248 g/mol. The van der Waals surface area contributed by atoms with Gasteiger partial charge < -0.3 is 9.47 Å². The number of nitro groups is 1. The maximum Gasteiger partial charge on any atom is 0.273 e. The topological polar surface area (TPSA) is 64.8 Å². The molecule has 6 nitrogen and oxygen atoms in total. The fourth-order valence-corrected chi connectivity index (χ4v) is 2.78. The first kappa shape index (κ1) is 12.2. The molecule has 0 unspecified atom stereocenters. The molecule has 2 aliphatic heterocycles. The molecule has 1 aromatic carbocycles. The van der Waals surface area contributed by atoms with Gasteiger partial charge in [-0.2, -0.15) is 0 Å². The lowest BCUT2D eigenvalue weighted by molar-refractivity contribution is -0.385. The Morgan fingerprint density at radius 3 is 2.95 bits per heavy atom. The second kappa shape index (κ2) is 4.70. The highest BCUT2D eigenvalue weighted by Crippen LogP contribution is 2.36. The average Bonchev–Trinajstić information content (AvgIpc) is 2.83. The Bertz CT molecular complexity index is 505. The minimum absolute atomic E-state index is 0.00135. The summed E-state index contributed by atoms with van der Waals surface area (Å²) in [6.45, 7) is 1.53. The number of nitrogens with zero attached hydrogens (tertiary/aromatic N) is 2. The number of benzene rings is 1. The van der Waals surface area contributed by atoms with Gasteiger partial charge in [0.15, 0.2) is 11.5 Å². The molecule has 0 aliphatic carbocycles. The molecule has 0 amide bonds. The number of nitro benzene ring substituents is 1. The Kier molecular flexibility index (Phi) is 3.02. The van der Waals surface area contributed by atoms with Gasteiger partial charge in [-0.3, -0.25) is 15.0 Å². The van der Waals surface area contributed by atoms with Crippen LogP contribution in [0.4, 0.5) is 5.69 Å². The van der Waals surface area contributed by atoms with Gasteiger partial charge in [-0.05, 0) is 32.5 Å². The minimum Gasteiger partial charge on any atom is -0.486 e. The molecule has 3 rings (SSSR count). The van der Waals surface area contributed by atoms with Crippen molar-refractivity contribution in [1.29, 1.82) is 0 Å². The monoisotopic (exact) mass is 264 g/mol. The third-order valence-corrected chi connectivity index (χ3v) is 3.83. The van der Waals surface area contributed by atoms with Crippen molar-refractivity contribution in [3.63, 3.8) is 0 Å². The van der Waals surface area contributed by atoms with Gasteiger partial charge in [0.05, 0.1) is 11.0 Å². The molecule has 0 aromatic heterocycles. The van der Waals surface area contributed by atoms with E-state index in [2.05, 4.69) is 11.9 Å². The van der Waals surface area contributed by atoms with Crippen LogP contribution in [0.3, 0.4) is 0 Å². The summed E-state index contributed by atoms with van der Waals surface area (Å²) < 4.78 is 11.6. The first-order valence-corrected chi connectivity index (χ1v) is 6.43. The van der Waals surface area contributed by atoms with Crippen molar-refractivity contribution >= 4 is 5.69 Å². The Morgan fingerprint density at radius 1 is 1.42 bits per heavy atom. The highest BCUT2D eigenvalue weighted by atomic mass is 16.6. The zero-order chi connectivity index (χ0) is 13.4. The molecule has 1 saturated heterocycles. The van der Waals surface area contributed by atoms with Crippen molar-refractivity contribution in [3.8, 4) is 11.5 Å². The summed E-state index contributed by atoms with van der Waals surface area (Å²) in [6, 6.07) is 4.85. The second-order valence-corrected chi connectivity index (χ2v) is 5.05. The quantitative estimate of drug-likeness (QED) is 0.602. The van der Waals surface area contributed by atoms with E-state index in [1.807, 2.05) is 0 Å². The lowest BCUT2D eigenvalue weighted by atomic mass is 10.1. The van der Waals surface area contributed by atoms with Crippen LogP contribution in [0.15, 0.2) is 18.2 Å². The molecule has 0 bridgehead atoms. The number of likely N-dealkylation sites (tertiary alicyclic amines) is 1. The highest BCUT2D eigenvalue weighted by Gasteiger charge is 2.34. The van der Waals surface area contributed by atoms with Crippen molar-refractivity contribution in [3.05, 3.63) is 28.3 Å². The van der Waals surface area contributed by atoms with Gasteiger partial charge in [0.25, 0.3) is 5.69 Å². The summed E-state index contributed by atoms with van der Waals surface area (Å²) in [4.78, 5) is 12.6. The molecule has 19 heavy (non-hydrogen) atoms. The number of rotatable bonds is 2. The fraction of sp³-hybridized carbons (Fsp3) is 0.538. The summed E-state index contributed by atoms with van der Waals surface area (Å²) >= 11 is 0. The maximum atomic E-state index is 10.7. The second-order valence-electron chi connectivity index (χ2n) is 5.05. The Hall–Kier alpha value is -1.82. The first-order chi connectivity index (χ1) is 9.15. The van der Waals surface area contributed by atoms with Crippen molar-refractivity contribution < 1.29 is 14.4 Å². The molecule has 2 atom stereocenters. The van der Waals surface area contributed by atoms with Crippen LogP contribution in [-0.2, 0) is 0 Å². The van der Waals surface area contributed by atoms with Crippen LogP contribution in [0.25, 0.3) is 0 Å². The first-order valence-electron chi connectivity index (χ1n) is 6.43. The summed E-state index contributed by atoms with van der Waals surface area (Å²) in [7, 11) is 2.09. The number of hydrogen-bond donors (Lipinski definition) is 0. The predicted molar refractivity (Wildman–Crippen MR) is 68.7 cm³/mol. The lowest BCUT2D eigenvalue weighted by Gasteiger charge is -2.33. The Morgan fingerprint density at radius 2 is 2.26 bits per heavy atom. The Labute approximate surface area is 111 Å². The van der Waals surface area contributed by atoms with Crippen molar-refractivity contribution in [1.82, 2.24) is 4.90 Å². The molecule has 0 radical (unpaired) electrons. The van der Waals surface area contributed by atoms with E-state index in [0.717, 1.165) is 13.0 Å². The van der Waals surface area contributed by atoms with Gasteiger partial charge in [0.1, 0.15) is 12.7 Å². The molecule has 2 heterocycles. The third-order valence-electron chi connectivity index (χ3n) is 3.83. The van der Waals surface area contributed by atoms with Gasteiger partial charge in [-0.25, -0.2) is 0 Å². The van der Waals surface area contributed by atoms with Crippen LogP contribution in [-0.4, -0.2) is 42.2 Å². The van der Waals surface area contributed by atoms with Crippen LogP contribution in [0, 0.1) is 10.1 Å². The molecule has 0 N–H and O–H groups in total. The summed E-state index contributed by atoms with van der Waals surface area (Å²) in [5.41, 5.74) is 0.0267. The van der Waals surface area contributed by atoms with Gasteiger partial charge >= 0.3 is 0 Å². The van der Waals surface area contributed by atoms with E-state index in [-0.39, 0.29) is 11.8 Å². The van der Waals surface area contributed by atoms with Crippen molar-refractivity contribution in [2.45, 2.75) is 25.0 Å². The molecule has 6 heteroatoms. The van der Waals surface area contributed by atoms with Crippen LogP contribution in [0.2, 0.25) is 0 Å². The SMILES string of the molecule is CN1CCC[C@H]1[C@H]1COc2cc([N+](=O)[O-])ccc2O1. The number of ether oxygens (including phenoxy) is 2. The number of hydrogen-bond acceptors (Lipinski definition) is 5. The van der Waals surface area contributed by atoms with E-state index in [9.17, 15) is 10.1 Å². The van der Waals surface area contributed by atoms with Crippen LogP contribution < -0.4 is 9.47 Å². The van der Waals surface area contributed by atoms with E-state index >= 15 is 0 Å². The van der Waals surface area contributed by atoms with Crippen molar-refractivity contribution in [2.24, 2.45) is 0 Å². The maximum absolute atomic E-state index is 10.7. The van der Waals surface area contributed by atoms with Crippen LogP contribution >= 0.6 is 0 Å². The van der Waals surface area contributed by atoms with Crippen LogP contribution in [0.5, 0.6) is 11.5 Å². The predicted octanol–water partition coefficient (Wildman–Crippen LogP) is 1.83. The molecular formula is C13H16N2O4. The van der Waals surface area contributed by atoms with Gasteiger partial charge in [0, 0.05) is 12.1 Å². The summed E-state index contributed by atoms with van der Waals surface area (Å²) in [5.74, 6) is 1.06. The average molecular weight is 264 g/mol. The summed E-state index contributed by atoms with van der Waals surface area (Å²) in [6.07, 6.45) is 2.28. The summed E-state index contributed by atoms with van der Waals surface area (Å²) in [5, 5.41) is 10.7. The smallest absolute Gasteiger partial charge is 0.273 e. The minimum atomic E-state index is -0.430. The lowest BCUT2D eigenvalue weighted by Crippen LogP contribution is -2.45. The normalized spacial score (nSPS) is 26.4. The van der Waals surface area contributed by atoms with Gasteiger partial charge in [-0.1, -0.05) is 0 Å². The van der Waals surface area contributed by atoms with Gasteiger partial charge in [0.2, 0.25) is 0 Å². The zero-order valence-corrected chi connectivity index (χ0v) is 10.7. The molecule has 0 spiro atoms. The standard InChI is InChI=1S/C13H16N2O4/c1-14-6-2-3-10(14)13-8-18-12-7-9(15(16)17)4-5-11(12)19-13/h4-5,7,10,13H,2-3,6,8H2,1H3/t10-,13+/m0/s1. The van der Waals surface area contributed by atoms with Crippen molar-refractivity contribution in [2.75, 3.05) is 20.2 Å². The fourth-order valence-electron chi connectivity index (χ4n) is 2.78. The van der Waals surface area contributed by atoms with E-state index < -0.39 is 4.92 Å². The molecule has 102 valence electrons. The number of non-ortho nitro benzene ring substituents is 1. The van der Waals surface area contributed by atoms with E-state index in [1.165, 1.54) is 18.6 Å². The largest absolute Gasteiger partial charge is 0.486 e. The highest BCUT2D eigenvalue weighted by molar-refractivity contribution is 5.49. The molecule has 0 saturated carbocycles.